The van der Waals surface area contributed by atoms with Crippen molar-refractivity contribution in [2.75, 3.05) is 25.5 Å². The molecule has 1 aliphatic rings. The second-order valence-electron chi connectivity index (χ2n) is 4.29. The van der Waals surface area contributed by atoms with E-state index in [1.807, 2.05) is 0 Å². The molecule has 1 aliphatic heterocycles. The molecule has 0 amide bonds. The number of hydrogen-bond donors (Lipinski definition) is 0. The van der Waals surface area contributed by atoms with Gasteiger partial charge < -0.3 is 4.90 Å². The number of piperidine rings is 1. The van der Waals surface area contributed by atoms with Crippen LogP contribution in [0.15, 0.2) is 0 Å². The number of nitrogens with zero attached hydrogens (tertiary/aromatic N) is 1. The third-order valence-electron chi connectivity index (χ3n) is 2.55. The molecule has 0 N–H and O–H groups in total. The van der Waals surface area contributed by atoms with Crippen molar-refractivity contribution < 1.29 is 0 Å². The molecule has 0 atom stereocenters. The first-order chi connectivity index (χ1) is 5.72. The zero-order chi connectivity index (χ0) is 8.97. The van der Waals surface area contributed by atoms with Crippen LogP contribution in [0.4, 0.5) is 0 Å². The SMILES string of the molecule is CC(C)CN1CCC(CCl)CC1. The Morgan fingerprint density at radius 1 is 1.33 bits per heavy atom. The van der Waals surface area contributed by atoms with E-state index in [0.29, 0.717) is 0 Å². The number of hydrogen-bond acceptors (Lipinski definition) is 1. The molecule has 0 aromatic carbocycles. The van der Waals surface area contributed by atoms with Crippen LogP contribution in [0.3, 0.4) is 0 Å². The molecule has 0 saturated carbocycles. The van der Waals surface area contributed by atoms with Crippen LogP contribution in [0, 0.1) is 11.8 Å². The van der Waals surface area contributed by atoms with Crippen molar-refractivity contribution in [3.05, 3.63) is 0 Å². The Kier molecular flexibility index (Phi) is 4.38. The van der Waals surface area contributed by atoms with E-state index in [1.54, 1.807) is 0 Å². The molecule has 1 saturated heterocycles. The standard InChI is InChI=1S/C10H20ClN/c1-9(2)8-12-5-3-10(7-11)4-6-12/h9-10H,3-8H2,1-2H3. The molecule has 0 unspecified atom stereocenters. The van der Waals surface area contributed by atoms with Gasteiger partial charge in [0.25, 0.3) is 0 Å². The summed E-state index contributed by atoms with van der Waals surface area (Å²) in [4.78, 5) is 2.56. The molecule has 72 valence electrons. The van der Waals surface area contributed by atoms with Crippen LogP contribution in [0.25, 0.3) is 0 Å². The smallest absolute Gasteiger partial charge is 0.0252 e. The molecule has 0 aromatic heterocycles. The Balaban J connectivity index is 2.17. The van der Waals surface area contributed by atoms with Crippen molar-refractivity contribution in [3.63, 3.8) is 0 Å². The van der Waals surface area contributed by atoms with Crippen molar-refractivity contribution >= 4 is 11.6 Å². The third kappa shape index (κ3) is 3.32. The second-order valence-corrected chi connectivity index (χ2v) is 4.60. The fourth-order valence-electron chi connectivity index (χ4n) is 1.84. The third-order valence-corrected chi connectivity index (χ3v) is 2.99. The molecule has 0 radical (unpaired) electrons. The summed E-state index contributed by atoms with van der Waals surface area (Å²) in [5.74, 6) is 2.45. The normalized spacial score (nSPS) is 22.0. The minimum Gasteiger partial charge on any atom is -0.303 e. The molecule has 1 rings (SSSR count). The van der Waals surface area contributed by atoms with Gasteiger partial charge in [0.2, 0.25) is 0 Å². The van der Waals surface area contributed by atoms with Gasteiger partial charge >= 0.3 is 0 Å². The number of rotatable bonds is 3. The monoisotopic (exact) mass is 189 g/mol. The van der Waals surface area contributed by atoms with Crippen molar-refractivity contribution in [3.8, 4) is 0 Å². The minimum atomic E-state index is 0.787. The van der Waals surface area contributed by atoms with Crippen LogP contribution in [-0.4, -0.2) is 30.4 Å². The summed E-state index contributed by atoms with van der Waals surface area (Å²) < 4.78 is 0. The molecule has 12 heavy (non-hydrogen) atoms. The van der Waals surface area contributed by atoms with Gasteiger partial charge in [-0.2, -0.15) is 0 Å². The summed E-state index contributed by atoms with van der Waals surface area (Å²) in [6.45, 7) is 8.35. The van der Waals surface area contributed by atoms with Crippen LogP contribution >= 0.6 is 11.6 Å². The van der Waals surface area contributed by atoms with E-state index in [4.69, 9.17) is 11.6 Å². The van der Waals surface area contributed by atoms with E-state index in [-0.39, 0.29) is 0 Å². The predicted molar refractivity (Wildman–Crippen MR) is 54.7 cm³/mol. The minimum absolute atomic E-state index is 0.787. The molecule has 1 nitrogen and oxygen atoms in total. The highest BCUT2D eigenvalue weighted by molar-refractivity contribution is 6.18. The lowest BCUT2D eigenvalue weighted by Crippen LogP contribution is -2.36. The quantitative estimate of drug-likeness (QED) is 0.617. The first kappa shape index (κ1) is 10.3. The number of alkyl halides is 1. The Bertz CT molecular complexity index is 117. The average Bonchev–Trinajstić information content (AvgIpc) is 2.05. The van der Waals surface area contributed by atoms with Crippen LogP contribution in [0.2, 0.25) is 0 Å². The van der Waals surface area contributed by atoms with Gasteiger partial charge in [-0.25, -0.2) is 0 Å². The number of halogens is 1. The summed E-state index contributed by atoms with van der Waals surface area (Å²) in [6.07, 6.45) is 2.60. The van der Waals surface area contributed by atoms with Crippen LogP contribution in [0.5, 0.6) is 0 Å². The van der Waals surface area contributed by atoms with E-state index in [9.17, 15) is 0 Å². The highest BCUT2D eigenvalue weighted by Crippen LogP contribution is 2.18. The van der Waals surface area contributed by atoms with Gasteiger partial charge in [0.15, 0.2) is 0 Å². The van der Waals surface area contributed by atoms with Gasteiger partial charge in [-0.3, -0.25) is 0 Å². The molecule has 1 fully saturated rings. The zero-order valence-electron chi connectivity index (χ0n) is 8.22. The molecule has 0 aromatic rings. The summed E-state index contributed by atoms with van der Waals surface area (Å²) in [7, 11) is 0. The van der Waals surface area contributed by atoms with Crippen LogP contribution in [-0.2, 0) is 0 Å². The van der Waals surface area contributed by atoms with Crippen molar-refractivity contribution in [2.45, 2.75) is 26.7 Å². The Labute approximate surface area is 81.1 Å². The maximum absolute atomic E-state index is 5.82. The van der Waals surface area contributed by atoms with Crippen molar-refractivity contribution in [2.24, 2.45) is 11.8 Å². The topological polar surface area (TPSA) is 3.24 Å². The van der Waals surface area contributed by atoms with Gasteiger partial charge in [0.05, 0.1) is 0 Å². The van der Waals surface area contributed by atoms with Crippen molar-refractivity contribution in [1.82, 2.24) is 4.90 Å². The molecular formula is C10H20ClN. The fraction of sp³-hybridized carbons (Fsp3) is 1.00. The van der Waals surface area contributed by atoms with Gasteiger partial charge in [0.1, 0.15) is 0 Å². The first-order valence-corrected chi connectivity index (χ1v) is 5.54. The second kappa shape index (κ2) is 5.08. The molecule has 2 heteroatoms. The zero-order valence-corrected chi connectivity index (χ0v) is 8.98. The summed E-state index contributed by atoms with van der Waals surface area (Å²) in [6, 6.07) is 0. The maximum atomic E-state index is 5.82. The summed E-state index contributed by atoms with van der Waals surface area (Å²) >= 11 is 5.82. The van der Waals surface area contributed by atoms with E-state index in [0.717, 1.165) is 17.7 Å². The van der Waals surface area contributed by atoms with Crippen LogP contribution < -0.4 is 0 Å². The van der Waals surface area contributed by atoms with Gasteiger partial charge in [-0.1, -0.05) is 13.8 Å². The lowest BCUT2D eigenvalue weighted by atomic mass is 9.98. The lowest BCUT2D eigenvalue weighted by molar-refractivity contribution is 0.176. The molecule has 0 bridgehead atoms. The Morgan fingerprint density at radius 2 is 1.92 bits per heavy atom. The fourth-order valence-corrected chi connectivity index (χ4v) is 2.15. The average molecular weight is 190 g/mol. The summed E-state index contributed by atoms with van der Waals surface area (Å²) in [5.41, 5.74) is 0. The lowest BCUT2D eigenvalue weighted by Gasteiger charge is -2.32. The molecule has 0 spiro atoms. The van der Waals surface area contributed by atoms with Gasteiger partial charge in [-0.05, 0) is 37.8 Å². The van der Waals surface area contributed by atoms with Crippen molar-refractivity contribution in [1.29, 1.82) is 0 Å². The highest BCUT2D eigenvalue weighted by atomic mass is 35.5. The Morgan fingerprint density at radius 3 is 2.33 bits per heavy atom. The number of likely N-dealkylation sites (tertiary alicyclic amines) is 1. The van der Waals surface area contributed by atoms with Gasteiger partial charge in [-0.15, -0.1) is 11.6 Å². The van der Waals surface area contributed by atoms with E-state index < -0.39 is 0 Å². The molecule has 1 heterocycles. The molecule has 0 aliphatic carbocycles. The largest absolute Gasteiger partial charge is 0.303 e. The van der Waals surface area contributed by atoms with Gasteiger partial charge in [0, 0.05) is 12.4 Å². The highest BCUT2D eigenvalue weighted by Gasteiger charge is 2.18. The summed E-state index contributed by atoms with van der Waals surface area (Å²) in [5, 5.41) is 0. The van der Waals surface area contributed by atoms with E-state index in [2.05, 4.69) is 18.7 Å². The van der Waals surface area contributed by atoms with Crippen LogP contribution in [0.1, 0.15) is 26.7 Å². The maximum Gasteiger partial charge on any atom is 0.0252 e. The van der Waals surface area contributed by atoms with E-state index >= 15 is 0 Å². The first-order valence-electron chi connectivity index (χ1n) is 5.00. The Hall–Kier alpha value is 0.250. The predicted octanol–water partition coefficient (Wildman–Crippen LogP) is 2.59. The molecular weight excluding hydrogens is 170 g/mol. The van der Waals surface area contributed by atoms with E-state index in [1.165, 1.54) is 32.5 Å².